The molecule has 3 aliphatic rings. The van der Waals surface area contributed by atoms with E-state index in [-0.39, 0.29) is 12.0 Å². The fourth-order valence-corrected chi connectivity index (χ4v) is 2.82. The SMILES string of the molecule is C=C[C@H]1CN2CC[C@H]1C[C@H]2C(=O)OCC. The average Bonchev–Trinajstić information content (AvgIpc) is 2.29. The van der Waals surface area contributed by atoms with Crippen molar-refractivity contribution in [2.45, 2.75) is 25.8 Å². The minimum atomic E-state index is -0.0373. The maximum atomic E-state index is 11.7. The number of ether oxygens (including phenoxy) is 1. The third kappa shape index (κ3) is 1.93. The van der Waals surface area contributed by atoms with Crippen LogP contribution in [-0.2, 0) is 9.53 Å². The van der Waals surface area contributed by atoms with Gasteiger partial charge >= 0.3 is 5.97 Å². The third-order valence-corrected chi connectivity index (χ3v) is 3.67. The molecule has 3 nitrogen and oxygen atoms in total. The Hall–Kier alpha value is -0.830. The van der Waals surface area contributed by atoms with Gasteiger partial charge in [-0.3, -0.25) is 9.69 Å². The molecule has 0 N–H and O–H groups in total. The Morgan fingerprint density at radius 1 is 1.67 bits per heavy atom. The van der Waals surface area contributed by atoms with Crippen LogP contribution in [0.5, 0.6) is 0 Å². The van der Waals surface area contributed by atoms with Crippen LogP contribution >= 0.6 is 0 Å². The van der Waals surface area contributed by atoms with Crippen molar-refractivity contribution >= 4 is 5.97 Å². The largest absolute Gasteiger partial charge is 0.465 e. The van der Waals surface area contributed by atoms with Crippen molar-refractivity contribution in [3.05, 3.63) is 12.7 Å². The van der Waals surface area contributed by atoms with Gasteiger partial charge in [0.1, 0.15) is 6.04 Å². The molecule has 4 atom stereocenters. The van der Waals surface area contributed by atoms with Gasteiger partial charge in [-0.15, -0.1) is 6.58 Å². The predicted molar refractivity (Wildman–Crippen MR) is 58.4 cm³/mol. The molecular weight excluding hydrogens is 190 g/mol. The highest BCUT2D eigenvalue weighted by Crippen LogP contribution is 2.36. The summed E-state index contributed by atoms with van der Waals surface area (Å²) in [5, 5.41) is 0. The highest BCUT2D eigenvalue weighted by Gasteiger charge is 2.42. The van der Waals surface area contributed by atoms with Crippen molar-refractivity contribution in [3.63, 3.8) is 0 Å². The number of rotatable bonds is 3. The van der Waals surface area contributed by atoms with Crippen LogP contribution in [0, 0.1) is 11.8 Å². The second-order valence-electron chi connectivity index (χ2n) is 4.45. The molecule has 0 amide bonds. The fourth-order valence-electron chi connectivity index (χ4n) is 2.82. The number of carbonyl (C=O) groups excluding carboxylic acids is 1. The summed E-state index contributed by atoms with van der Waals surface area (Å²) in [5.41, 5.74) is 0. The number of hydrogen-bond acceptors (Lipinski definition) is 3. The van der Waals surface area contributed by atoms with Crippen LogP contribution in [0.1, 0.15) is 19.8 Å². The minimum Gasteiger partial charge on any atom is -0.465 e. The van der Waals surface area contributed by atoms with Crippen molar-refractivity contribution in [1.82, 2.24) is 4.90 Å². The molecule has 3 saturated heterocycles. The summed E-state index contributed by atoms with van der Waals surface area (Å²) in [6.45, 7) is 8.24. The molecule has 3 aliphatic heterocycles. The lowest BCUT2D eigenvalue weighted by Gasteiger charge is -2.47. The molecule has 1 unspecified atom stereocenters. The second-order valence-corrected chi connectivity index (χ2v) is 4.45. The standard InChI is InChI=1S/C12H19NO2/c1-3-9-8-13-6-5-10(9)7-11(13)12(14)15-4-2/h3,9-11H,1,4-8H2,2H3/t9-,10-,11-/m0/s1. The van der Waals surface area contributed by atoms with Crippen LogP contribution < -0.4 is 0 Å². The van der Waals surface area contributed by atoms with E-state index in [1.807, 2.05) is 13.0 Å². The molecule has 84 valence electrons. The molecule has 3 rings (SSSR count). The van der Waals surface area contributed by atoms with Gasteiger partial charge in [-0.2, -0.15) is 0 Å². The molecule has 0 radical (unpaired) electrons. The van der Waals surface area contributed by atoms with Gasteiger partial charge in [0.25, 0.3) is 0 Å². The van der Waals surface area contributed by atoms with Crippen LogP contribution in [0.15, 0.2) is 12.7 Å². The summed E-state index contributed by atoms with van der Waals surface area (Å²) in [5.74, 6) is 1.18. The summed E-state index contributed by atoms with van der Waals surface area (Å²) in [7, 11) is 0. The number of piperidine rings is 3. The minimum absolute atomic E-state index is 0.0138. The van der Waals surface area contributed by atoms with Crippen LogP contribution in [0.3, 0.4) is 0 Å². The first-order valence-corrected chi connectivity index (χ1v) is 5.79. The van der Waals surface area contributed by atoms with Crippen molar-refractivity contribution in [2.24, 2.45) is 11.8 Å². The molecule has 3 heteroatoms. The van der Waals surface area contributed by atoms with Gasteiger partial charge in [-0.05, 0) is 38.1 Å². The van der Waals surface area contributed by atoms with Gasteiger partial charge < -0.3 is 4.74 Å². The van der Waals surface area contributed by atoms with Crippen molar-refractivity contribution in [2.75, 3.05) is 19.7 Å². The first-order chi connectivity index (χ1) is 7.26. The summed E-state index contributed by atoms with van der Waals surface area (Å²) in [6.07, 6.45) is 4.19. The Morgan fingerprint density at radius 3 is 3.00 bits per heavy atom. The van der Waals surface area contributed by atoms with Crippen molar-refractivity contribution in [1.29, 1.82) is 0 Å². The quantitative estimate of drug-likeness (QED) is 0.520. The number of nitrogens with zero attached hydrogens (tertiary/aromatic N) is 1. The smallest absolute Gasteiger partial charge is 0.323 e. The molecule has 0 aromatic heterocycles. The maximum absolute atomic E-state index is 11.7. The van der Waals surface area contributed by atoms with Gasteiger partial charge in [-0.1, -0.05) is 6.08 Å². The zero-order chi connectivity index (χ0) is 10.8. The summed E-state index contributed by atoms with van der Waals surface area (Å²) in [6, 6.07) is 0.0138. The first kappa shape index (κ1) is 10.7. The Bertz CT molecular complexity index is 264. The van der Waals surface area contributed by atoms with E-state index in [1.165, 1.54) is 6.42 Å². The maximum Gasteiger partial charge on any atom is 0.323 e. The second kappa shape index (κ2) is 4.35. The topological polar surface area (TPSA) is 29.5 Å². The Balaban J connectivity index is 2.01. The van der Waals surface area contributed by atoms with Crippen LogP contribution in [-0.4, -0.2) is 36.6 Å². The van der Waals surface area contributed by atoms with Gasteiger partial charge in [0, 0.05) is 6.54 Å². The molecule has 0 aromatic carbocycles. The first-order valence-electron chi connectivity index (χ1n) is 5.79. The van der Waals surface area contributed by atoms with E-state index in [9.17, 15) is 4.79 Å². The van der Waals surface area contributed by atoms with Gasteiger partial charge in [0.05, 0.1) is 6.61 Å². The number of hydrogen-bond donors (Lipinski definition) is 0. The van der Waals surface area contributed by atoms with Gasteiger partial charge in [-0.25, -0.2) is 0 Å². The van der Waals surface area contributed by atoms with E-state index in [4.69, 9.17) is 4.74 Å². The van der Waals surface area contributed by atoms with Crippen LogP contribution in [0.2, 0.25) is 0 Å². The number of fused-ring (bicyclic) bond motifs is 3. The Morgan fingerprint density at radius 2 is 2.47 bits per heavy atom. The lowest BCUT2D eigenvalue weighted by atomic mass is 9.76. The molecule has 3 fully saturated rings. The normalized spacial score (nSPS) is 38.7. The highest BCUT2D eigenvalue weighted by atomic mass is 16.5. The van der Waals surface area contributed by atoms with E-state index in [0.717, 1.165) is 19.5 Å². The molecule has 0 aromatic rings. The lowest BCUT2D eigenvalue weighted by Crippen LogP contribution is -2.56. The number of esters is 1. The molecule has 0 aliphatic carbocycles. The molecule has 3 heterocycles. The van der Waals surface area contributed by atoms with E-state index in [0.29, 0.717) is 18.4 Å². The monoisotopic (exact) mass is 209 g/mol. The summed E-state index contributed by atoms with van der Waals surface area (Å²) < 4.78 is 5.10. The lowest BCUT2D eigenvalue weighted by molar-refractivity contribution is -0.155. The van der Waals surface area contributed by atoms with Gasteiger partial charge in [0.2, 0.25) is 0 Å². The van der Waals surface area contributed by atoms with E-state index in [2.05, 4.69) is 11.5 Å². The van der Waals surface area contributed by atoms with Crippen LogP contribution in [0.25, 0.3) is 0 Å². The number of carbonyl (C=O) groups is 1. The fraction of sp³-hybridized carbons (Fsp3) is 0.750. The van der Waals surface area contributed by atoms with Crippen molar-refractivity contribution in [3.8, 4) is 0 Å². The molecule has 0 spiro atoms. The molecular formula is C12H19NO2. The van der Waals surface area contributed by atoms with Crippen molar-refractivity contribution < 1.29 is 9.53 Å². The van der Waals surface area contributed by atoms with E-state index >= 15 is 0 Å². The van der Waals surface area contributed by atoms with E-state index in [1.54, 1.807) is 0 Å². The Labute approximate surface area is 91.1 Å². The molecule has 15 heavy (non-hydrogen) atoms. The molecule has 0 saturated carbocycles. The Kier molecular flexibility index (Phi) is 3.10. The zero-order valence-corrected chi connectivity index (χ0v) is 9.32. The van der Waals surface area contributed by atoms with Crippen LogP contribution in [0.4, 0.5) is 0 Å². The highest BCUT2D eigenvalue weighted by molar-refractivity contribution is 5.76. The summed E-state index contributed by atoms with van der Waals surface area (Å²) in [4.78, 5) is 13.9. The van der Waals surface area contributed by atoms with Gasteiger partial charge in [0.15, 0.2) is 0 Å². The third-order valence-electron chi connectivity index (χ3n) is 3.67. The predicted octanol–water partition coefficient (Wildman–Crippen LogP) is 1.45. The average molecular weight is 209 g/mol. The molecule has 2 bridgehead atoms. The zero-order valence-electron chi connectivity index (χ0n) is 9.32. The van der Waals surface area contributed by atoms with E-state index < -0.39 is 0 Å². The summed E-state index contributed by atoms with van der Waals surface area (Å²) >= 11 is 0.